The second kappa shape index (κ2) is 11.6. The van der Waals surface area contributed by atoms with E-state index in [9.17, 15) is 9.59 Å². The molecule has 3 saturated heterocycles. The quantitative estimate of drug-likeness (QED) is 0.382. The number of rotatable bonds is 5. The Bertz CT molecular complexity index is 1640. The van der Waals surface area contributed by atoms with Crippen LogP contribution >= 0.6 is 11.6 Å². The molecule has 1 amide bonds. The lowest BCUT2D eigenvalue weighted by Gasteiger charge is -2.42. The summed E-state index contributed by atoms with van der Waals surface area (Å²) < 4.78 is 12.0. The number of ketones is 1. The van der Waals surface area contributed by atoms with Gasteiger partial charge in [0.1, 0.15) is 24.1 Å². The second-order valence-electron chi connectivity index (χ2n) is 13.8. The first kappa shape index (κ1) is 30.0. The molecule has 0 saturated carbocycles. The van der Waals surface area contributed by atoms with Crippen LogP contribution in [0.1, 0.15) is 51.3 Å². The third-order valence-corrected chi connectivity index (χ3v) is 9.85. The molecule has 0 radical (unpaired) electrons. The number of amides is 1. The van der Waals surface area contributed by atoms with E-state index >= 15 is 0 Å². The van der Waals surface area contributed by atoms with Crippen LogP contribution in [-0.4, -0.2) is 95.2 Å². The molecule has 11 heteroatoms. The molecule has 1 aromatic heterocycles. The molecule has 3 aromatic rings. The van der Waals surface area contributed by atoms with E-state index in [0.29, 0.717) is 44.7 Å². The highest BCUT2D eigenvalue weighted by Crippen LogP contribution is 2.39. The van der Waals surface area contributed by atoms with Gasteiger partial charge in [-0.2, -0.15) is 9.97 Å². The summed E-state index contributed by atoms with van der Waals surface area (Å²) >= 11 is 6.72. The van der Waals surface area contributed by atoms with Crippen LogP contribution in [0.3, 0.4) is 0 Å². The van der Waals surface area contributed by atoms with E-state index in [1.165, 1.54) is 0 Å². The van der Waals surface area contributed by atoms with Crippen molar-refractivity contribution in [2.24, 2.45) is 0 Å². The number of anilines is 2. The highest BCUT2D eigenvalue weighted by Gasteiger charge is 2.50. The van der Waals surface area contributed by atoms with Gasteiger partial charge in [0.25, 0.3) is 0 Å². The summed E-state index contributed by atoms with van der Waals surface area (Å²) in [6.07, 6.45) is 2.86. The summed E-state index contributed by atoms with van der Waals surface area (Å²) in [4.78, 5) is 44.7. The number of aromatic nitrogens is 2. The van der Waals surface area contributed by atoms with E-state index in [1.807, 2.05) is 32.9 Å². The van der Waals surface area contributed by atoms with Crippen LogP contribution in [0.2, 0.25) is 5.02 Å². The van der Waals surface area contributed by atoms with Crippen molar-refractivity contribution >= 4 is 45.8 Å². The van der Waals surface area contributed by atoms with Crippen molar-refractivity contribution in [3.63, 3.8) is 0 Å². The fraction of sp³-hybridized carbons (Fsp3) is 0.529. The number of benzene rings is 2. The van der Waals surface area contributed by atoms with Crippen molar-refractivity contribution in [2.75, 3.05) is 49.6 Å². The number of piperazine rings is 1. The van der Waals surface area contributed by atoms with E-state index in [-0.39, 0.29) is 11.8 Å². The lowest BCUT2D eigenvalue weighted by Crippen LogP contribution is -2.58. The van der Waals surface area contributed by atoms with E-state index in [0.717, 1.165) is 70.9 Å². The fourth-order valence-corrected chi connectivity index (χ4v) is 7.62. The number of fused-ring (bicyclic) bond motifs is 4. The number of carbonyl (C=O) groups excluding carboxylic acids is 2. The Morgan fingerprint density at radius 2 is 1.87 bits per heavy atom. The predicted molar refractivity (Wildman–Crippen MR) is 174 cm³/mol. The first-order chi connectivity index (χ1) is 21.6. The maximum atomic E-state index is 13.1. The van der Waals surface area contributed by atoms with E-state index in [1.54, 1.807) is 4.90 Å². The SMILES string of the molecule is CN1CCC[C@H]1COc1nc2c(c(N3C[C@H]4CC(=O)[C@@H](C3)N4C(=O)OC(C)(C)C)n1)CCN(c1cccc3cccc(Cl)c13)C2. The maximum absolute atomic E-state index is 13.1. The zero-order valence-electron chi connectivity index (χ0n) is 26.5. The molecule has 0 N–H and O–H groups in total. The molecular weight excluding hydrogens is 592 g/mol. The Labute approximate surface area is 269 Å². The summed E-state index contributed by atoms with van der Waals surface area (Å²) in [5.74, 6) is 0.870. The molecule has 10 nitrogen and oxygen atoms in total. The minimum absolute atomic E-state index is 0.0658. The Kier molecular flexibility index (Phi) is 7.76. The average molecular weight is 633 g/mol. The molecule has 3 fully saturated rings. The minimum atomic E-state index is -0.637. The van der Waals surface area contributed by atoms with Crippen LogP contribution in [0.15, 0.2) is 36.4 Å². The lowest BCUT2D eigenvalue weighted by molar-refractivity contribution is -0.119. The van der Waals surface area contributed by atoms with Crippen molar-refractivity contribution in [3.05, 3.63) is 52.7 Å². The number of halogens is 1. The number of carbonyl (C=O) groups is 2. The number of hydrogen-bond donors (Lipinski definition) is 0. The molecule has 0 aliphatic carbocycles. The molecule has 2 aromatic carbocycles. The number of nitrogens with zero attached hydrogens (tertiary/aromatic N) is 6. The molecule has 2 bridgehead atoms. The van der Waals surface area contributed by atoms with Gasteiger partial charge in [0.2, 0.25) is 0 Å². The zero-order valence-corrected chi connectivity index (χ0v) is 27.2. The van der Waals surface area contributed by atoms with Crippen molar-refractivity contribution < 1.29 is 19.1 Å². The van der Waals surface area contributed by atoms with Crippen LogP contribution in [0.25, 0.3) is 10.8 Å². The van der Waals surface area contributed by atoms with Crippen molar-refractivity contribution in [1.82, 2.24) is 19.8 Å². The molecule has 238 valence electrons. The fourth-order valence-electron chi connectivity index (χ4n) is 7.34. The normalized spacial score (nSPS) is 23.5. The van der Waals surface area contributed by atoms with Crippen LogP contribution in [-0.2, 0) is 22.5 Å². The van der Waals surface area contributed by atoms with Crippen molar-refractivity contribution in [2.45, 2.75) is 76.7 Å². The van der Waals surface area contributed by atoms with Gasteiger partial charge in [-0.25, -0.2) is 4.79 Å². The van der Waals surface area contributed by atoms with Crippen LogP contribution in [0.5, 0.6) is 6.01 Å². The van der Waals surface area contributed by atoms with E-state index in [2.05, 4.69) is 46.0 Å². The van der Waals surface area contributed by atoms with Crippen LogP contribution < -0.4 is 14.5 Å². The molecular formula is C34H41ClN6O4. The van der Waals surface area contributed by atoms with E-state index in [4.69, 9.17) is 31.0 Å². The molecule has 4 aliphatic rings. The smallest absolute Gasteiger partial charge is 0.411 e. The number of hydrogen-bond acceptors (Lipinski definition) is 9. The zero-order chi connectivity index (χ0) is 31.5. The summed E-state index contributed by atoms with van der Waals surface area (Å²) in [5.41, 5.74) is 2.43. The van der Waals surface area contributed by atoms with Gasteiger partial charge in [-0.15, -0.1) is 0 Å². The van der Waals surface area contributed by atoms with Crippen LogP contribution in [0, 0.1) is 0 Å². The van der Waals surface area contributed by atoms with Gasteiger partial charge in [-0.05, 0) is 71.1 Å². The summed E-state index contributed by atoms with van der Waals surface area (Å²) in [7, 11) is 2.13. The second-order valence-corrected chi connectivity index (χ2v) is 14.2. The van der Waals surface area contributed by atoms with Crippen molar-refractivity contribution in [3.8, 4) is 6.01 Å². The number of Topliss-reactive ketones (excluding diaryl/α,β-unsaturated/α-hetero) is 1. The van der Waals surface area contributed by atoms with Crippen molar-refractivity contribution in [1.29, 1.82) is 0 Å². The number of ether oxygens (including phenoxy) is 2. The van der Waals surface area contributed by atoms with Gasteiger partial charge in [0, 0.05) is 48.7 Å². The summed E-state index contributed by atoms with van der Waals surface area (Å²) in [5, 5.41) is 2.86. The van der Waals surface area contributed by atoms with Gasteiger partial charge in [-0.3, -0.25) is 9.69 Å². The van der Waals surface area contributed by atoms with Gasteiger partial charge in [-0.1, -0.05) is 35.9 Å². The molecule has 7 rings (SSSR count). The first-order valence-corrected chi connectivity index (χ1v) is 16.4. The van der Waals surface area contributed by atoms with Gasteiger partial charge < -0.3 is 24.2 Å². The predicted octanol–water partition coefficient (Wildman–Crippen LogP) is 5.09. The third-order valence-electron chi connectivity index (χ3n) is 9.54. The maximum Gasteiger partial charge on any atom is 0.411 e. The highest BCUT2D eigenvalue weighted by molar-refractivity contribution is 6.36. The third kappa shape index (κ3) is 5.78. The van der Waals surface area contributed by atoms with E-state index < -0.39 is 17.7 Å². The molecule has 0 unspecified atom stereocenters. The topological polar surface area (TPSA) is 91.3 Å². The van der Waals surface area contributed by atoms with Crippen LogP contribution in [0.4, 0.5) is 16.3 Å². The Hall–Kier alpha value is -3.63. The number of likely N-dealkylation sites (N-methyl/N-ethyl adjacent to an activating group) is 1. The Morgan fingerprint density at radius 1 is 1.07 bits per heavy atom. The molecule has 45 heavy (non-hydrogen) atoms. The monoisotopic (exact) mass is 632 g/mol. The Balaban J connectivity index is 1.21. The van der Waals surface area contributed by atoms with Gasteiger partial charge in [0.05, 0.1) is 23.3 Å². The average Bonchev–Trinajstić information content (AvgIpc) is 3.50. The Morgan fingerprint density at radius 3 is 2.60 bits per heavy atom. The summed E-state index contributed by atoms with van der Waals surface area (Å²) in [6, 6.07) is 12.1. The standard InChI is InChI=1S/C34H41ClN6O4/c1-34(2,3)45-33(43)41-23-16-29(42)28(41)19-40(17-23)31-24-13-15-39(27-12-6-9-21-8-5-11-25(35)30(21)27)18-26(24)36-32(37-31)44-20-22-10-7-14-38(22)4/h5-6,8-9,11-12,22-23,28H,7,10,13-20H2,1-4H3/t22-,23+,28+/m0/s1. The van der Waals surface area contributed by atoms with Gasteiger partial charge in [0.15, 0.2) is 5.78 Å². The summed E-state index contributed by atoms with van der Waals surface area (Å²) in [6.45, 7) is 9.33. The van der Waals surface area contributed by atoms with Gasteiger partial charge >= 0.3 is 12.1 Å². The minimum Gasteiger partial charge on any atom is -0.462 e. The molecule has 0 spiro atoms. The molecule has 4 aliphatic heterocycles. The lowest BCUT2D eigenvalue weighted by atomic mass is 10.0. The largest absolute Gasteiger partial charge is 0.462 e. The molecule has 3 atom stereocenters. The number of likely N-dealkylation sites (tertiary alicyclic amines) is 1. The highest BCUT2D eigenvalue weighted by atomic mass is 35.5. The molecule has 5 heterocycles. The first-order valence-electron chi connectivity index (χ1n) is 16.0.